The van der Waals surface area contributed by atoms with Crippen LogP contribution in [0.1, 0.15) is 43.4 Å². The summed E-state index contributed by atoms with van der Waals surface area (Å²) >= 11 is 6.24. The number of benzene rings is 2. The van der Waals surface area contributed by atoms with Crippen molar-refractivity contribution in [1.29, 1.82) is 5.26 Å². The lowest BCUT2D eigenvalue weighted by Crippen LogP contribution is -2.49. The molecule has 2 aromatic rings. The minimum absolute atomic E-state index is 0.173. The highest BCUT2D eigenvalue weighted by Gasteiger charge is 2.34. The molecule has 5 nitrogen and oxygen atoms in total. The van der Waals surface area contributed by atoms with Crippen molar-refractivity contribution in [3.63, 3.8) is 0 Å². The third-order valence-electron chi connectivity index (χ3n) is 5.90. The van der Waals surface area contributed by atoms with Crippen LogP contribution in [0.25, 0.3) is 0 Å². The number of hydrogen-bond acceptors (Lipinski definition) is 4. The fourth-order valence-electron chi connectivity index (χ4n) is 3.77. The van der Waals surface area contributed by atoms with Crippen molar-refractivity contribution in [2.75, 3.05) is 0 Å². The van der Waals surface area contributed by atoms with Crippen LogP contribution < -0.4 is 11.1 Å². The average Bonchev–Trinajstić information content (AvgIpc) is 2.82. The first-order valence-electron chi connectivity index (χ1n) is 11.8. The number of allylic oxidation sites excluding steroid dienone is 4. The molecule has 0 aliphatic heterocycles. The van der Waals surface area contributed by atoms with Crippen LogP contribution >= 0.6 is 11.6 Å². The maximum atomic E-state index is 13.1. The van der Waals surface area contributed by atoms with E-state index in [1.165, 1.54) is 13.8 Å². The van der Waals surface area contributed by atoms with Gasteiger partial charge in [0.2, 0.25) is 0 Å². The Hall–Kier alpha value is -3.70. The molecule has 0 aliphatic rings. The fraction of sp³-hybridized carbons (Fsp3) is 0.310. The van der Waals surface area contributed by atoms with Crippen LogP contribution in [0.5, 0.6) is 0 Å². The molecule has 2 rings (SSSR count). The van der Waals surface area contributed by atoms with Crippen LogP contribution in [-0.2, 0) is 22.4 Å². The number of ether oxygens (including phenoxy) is 1. The molecule has 9 heteroatoms. The zero-order valence-corrected chi connectivity index (χ0v) is 22.2. The summed E-state index contributed by atoms with van der Waals surface area (Å²) in [5.74, 6) is -1.03. The summed E-state index contributed by atoms with van der Waals surface area (Å²) < 4.78 is 44.2. The van der Waals surface area contributed by atoms with Crippen LogP contribution in [0, 0.1) is 11.3 Å². The Kier molecular flexibility index (Phi) is 10.6. The number of alkyl halides is 3. The van der Waals surface area contributed by atoms with E-state index in [1.807, 2.05) is 49.4 Å². The van der Waals surface area contributed by atoms with Crippen molar-refractivity contribution in [2.45, 2.75) is 57.3 Å². The lowest BCUT2D eigenvalue weighted by Gasteiger charge is -2.31. The summed E-state index contributed by atoms with van der Waals surface area (Å²) in [5.41, 5.74) is 6.12. The van der Waals surface area contributed by atoms with Gasteiger partial charge >= 0.3 is 6.18 Å². The Bertz CT molecular complexity index is 1230. The number of halogens is 4. The van der Waals surface area contributed by atoms with E-state index >= 15 is 0 Å². The summed E-state index contributed by atoms with van der Waals surface area (Å²) in [4.78, 5) is 13.1. The van der Waals surface area contributed by atoms with Gasteiger partial charge in [-0.15, -0.1) is 0 Å². The van der Waals surface area contributed by atoms with E-state index in [-0.39, 0.29) is 17.8 Å². The summed E-state index contributed by atoms with van der Waals surface area (Å²) in [6.45, 7) is 7.94. The number of nitrogens with one attached hydrogen (secondary N) is 1. The van der Waals surface area contributed by atoms with Crippen LogP contribution in [0.15, 0.2) is 84.8 Å². The van der Waals surface area contributed by atoms with Gasteiger partial charge in [0.1, 0.15) is 0 Å². The highest BCUT2D eigenvalue weighted by molar-refractivity contribution is 6.30. The Morgan fingerprint density at radius 1 is 1.18 bits per heavy atom. The molecule has 202 valence electrons. The van der Waals surface area contributed by atoms with Gasteiger partial charge in [0.25, 0.3) is 5.91 Å². The number of hydrogen-bond donors (Lipinski definition) is 2. The average molecular weight is 546 g/mol. The summed E-state index contributed by atoms with van der Waals surface area (Å²) in [5, 5.41) is 12.4. The smallest absolute Gasteiger partial charge is 0.416 e. The van der Waals surface area contributed by atoms with Crippen molar-refractivity contribution in [3.8, 4) is 6.07 Å². The van der Waals surface area contributed by atoms with Crippen LogP contribution in [0.2, 0.25) is 5.02 Å². The zero-order valence-electron chi connectivity index (χ0n) is 21.5. The number of nitrogens with zero attached hydrogens (tertiary/aromatic N) is 1. The number of amides is 1. The van der Waals surface area contributed by atoms with E-state index in [0.717, 1.165) is 28.8 Å². The number of carbonyl (C=O) groups excluding carboxylic acids is 1. The van der Waals surface area contributed by atoms with Crippen molar-refractivity contribution < 1.29 is 22.7 Å². The second-order valence-corrected chi connectivity index (χ2v) is 9.72. The highest BCUT2D eigenvalue weighted by atomic mass is 35.5. The van der Waals surface area contributed by atoms with Gasteiger partial charge in [0, 0.05) is 17.0 Å². The summed E-state index contributed by atoms with van der Waals surface area (Å²) in [7, 11) is 0. The van der Waals surface area contributed by atoms with E-state index in [1.54, 1.807) is 6.07 Å². The molecule has 0 aromatic heterocycles. The second kappa shape index (κ2) is 13.2. The molecule has 0 bridgehead atoms. The zero-order chi connectivity index (χ0) is 28.5. The third kappa shape index (κ3) is 9.00. The van der Waals surface area contributed by atoms with Crippen molar-refractivity contribution in [3.05, 3.63) is 107 Å². The monoisotopic (exact) mass is 545 g/mol. The quantitative estimate of drug-likeness (QED) is 0.249. The Morgan fingerprint density at radius 3 is 2.37 bits per heavy atom. The topological polar surface area (TPSA) is 88.1 Å². The lowest BCUT2D eigenvalue weighted by atomic mass is 9.86. The Balaban J connectivity index is 2.23. The molecule has 38 heavy (non-hydrogen) atoms. The standard InChI is InChI=1S/C29H31ClF3N3O2/c1-5-23(29(31,32)33)13-14-26(35)38-28(3,4)27(37)36-19(2)25(22-7-6-8-24(30)18-22)17-21-11-9-20(10-12-21)15-16-34/h5-14,18-19,25H,1,15,17,35H2,2-4H3,(H,36,37)/b23-13+,26-14+. The number of carbonyl (C=O) groups is 1. The van der Waals surface area contributed by atoms with Crippen LogP contribution in [0.4, 0.5) is 13.2 Å². The molecule has 2 atom stereocenters. The number of rotatable bonds is 11. The molecule has 0 heterocycles. The normalized spacial score (nSPS) is 14.3. The molecule has 0 spiro atoms. The van der Waals surface area contributed by atoms with Gasteiger partial charge in [0.05, 0.1) is 18.1 Å². The molecule has 0 saturated heterocycles. The number of nitrogens with two attached hydrogens (primary N) is 1. The number of nitriles is 1. The van der Waals surface area contributed by atoms with Gasteiger partial charge in [-0.25, -0.2) is 0 Å². The maximum absolute atomic E-state index is 13.1. The SMILES string of the molecule is C=C/C(=C\C=C(/N)OC(C)(C)C(=O)NC(C)C(Cc1ccc(CC#N)cc1)c1cccc(Cl)c1)C(F)(F)F. The first-order chi connectivity index (χ1) is 17.8. The molecule has 0 saturated carbocycles. The Labute approximate surface area is 226 Å². The van der Waals surface area contributed by atoms with Gasteiger partial charge in [0.15, 0.2) is 11.5 Å². The predicted octanol–water partition coefficient (Wildman–Crippen LogP) is 6.51. The van der Waals surface area contributed by atoms with Crippen LogP contribution in [-0.4, -0.2) is 23.7 Å². The van der Waals surface area contributed by atoms with Crippen molar-refractivity contribution in [1.82, 2.24) is 5.32 Å². The Morgan fingerprint density at radius 2 is 1.82 bits per heavy atom. The highest BCUT2D eigenvalue weighted by Crippen LogP contribution is 2.28. The van der Waals surface area contributed by atoms with Crippen molar-refractivity contribution >= 4 is 17.5 Å². The second-order valence-electron chi connectivity index (χ2n) is 9.28. The largest absolute Gasteiger partial charge is 0.464 e. The van der Waals surface area contributed by atoms with E-state index in [0.29, 0.717) is 23.9 Å². The van der Waals surface area contributed by atoms with Gasteiger partial charge in [-0.2, -0.15) is 18.4 Å². The first-order valence-corrected chi connectivity index (χ1v) is 12.2. The van der Waals surface area contributed by atoms with E-state index < -0.39 is 23.3 Å². The molecule has 2 aromatic carbocycles. The third-order valence-corrected chi connectivity index (χ3v) is 6.13. The minimum Gasteiger partial charge on any atom is -0.464 e. The molecule has 0 radical (unpaired) electrons. The summed E-state index contributed by atoms with van der Waals surface area (Å²) in [6.07, 6.45) is -1.37. The summed E-state index contributed by atoms with van der Waals surface area (Å²) in [6, 6.07) is 16.8. The van der Waals surface area contributed by atoms with Gasteiger partial charge < -0.3 is 15.8 Å². The van der Waals surface area contributed by atoms with E-state index in [9.17, 15) is 18.0 Å². The first kappa shape index (κ1) is 30.5. The molecule has 3 N–H and O–H groups in total. The van der Waals surface area contributed by atoms with Crippen molar-refractivity contribution in [2.24, 2.45) is 5.73 Å². The van der Waals surface area contributed by atoms with Gasteiger partial charge in [-0.05, 0) is 68.2 Å². The van der Waals surface area contributed by atoms with Gasteiger partial charge in [-0.1, -0.05) is 60.7 Å². The van der Waals surface area contributed by atoms with E-state index in [4.69, 9.17) is 27.3 Å². The molecular weight excluding hydrogens is 515 g/mol. The maximum Gasteiger partial charge on any atom is 0.416 e. The van der Waals surface area contributed by atoms with E-state index in [2.05, 4.69) is 18.0 Å². The molecule has 0 aliphatic carbocycles. The fourth-order valence-corrected chi connectivity index (χ4v) is 3.96. The molecule has 1 amide bonds. The lowest BCUT2D eigenvalue weighted by molar-refractivity contribution is -0.139. The molecule has 2 unspecified atom stereocenters. The van der Waals surface area contributed by atoms with Gasteiger partial charge in [-0.3, -0.25) is 4.79 Å². The minimum atomic E-state index is -4.59. The van der Waals surface area contributed by atoms with Crippen LogP contribution in [0.3, 0.4) is 0 Å². The molecular formula is C29H31ClF3N3O2. The predicted molar refractivity (Wildman–Crippen MR) is 143 cm³/mol. The molecule has 0 fully saturated rings.